The summed E-state index contributed by atoms with van der Waals surface area (Å²) < 4.78 is 17.5. The lowest BCUT2D eigenvalue weighted by Crippen LogP contribution is -2.47. The molecule has 1 aromatic carbocycles. The zero-order chi connectivity index (χ0) is 19.2. The van der Waals surface area contributed by atoms with Crippen LogP contribution in [0.15, 0.2) is 30.3 Å². The molecule has 5 nitrogen and oxygen atoms in total. The summed E-state index contributed by atoms with van der Waals surface area (Å²) in [6.07, 6.45) is 4.21. The summed E-state index contributed by atoms with van der Waals surface area (Å²) in [5.41, 5.74) is -0.540. The second-order valence-electron chi connectivity index (χ2n) is 9.18. The Morgan fingerprint density at radius 1 is 1.11 bits per heavy atom. The van der Waals surface area contributed by atoms with Crippen LogP contribution in [0.3, 0.4) is 0 Å². The van der Waals surface area contributed by atoms with Gasteiger partial charge in [-0.25, -0.2) is 9.59 Å². The normalized spacial score (nSPS) is 37.5. The number of carbonyl (C=O) groups excluding carboxylic acids is 2. The molecule has 27 heavy (non-hydrogen) atoms. The van der Waals surface area contributed by atoms with E-state index in [-0.39, 0.29) is 29.4 Å². The first-order valence-corrected chi connectivity index (χ1v) is 9.92. The summed E-state index contributed by atoms with van der Waals surface area (Å²) in [6, 6.07) is 9.15. The summed E-state index contributed by atoms with van der Waals surface area (Å²) in [5.74, 6) is 0.292. The fourth-order valence-electron chi connectivity index (χ4n) is 5.07. The van der Waals surface area contributed by atoms with Crippen molar-refractivity contribution >= 4 is 11.9 Å². The molecule has 0 radical (unpaired) electrons. The second-order valence-corrected chi connectivity index (χ2v) is 9.18. The van der Waals surface area contributed by atoms with Crippen LogP contribution in [0.4, 0.5) is 0 Å². The highest BCUT2D eigenvalue weighted by Gasteiger charge is 2.55. The highest BCUT2D eigenvalue weighted by molar-refractivity contribution is 5.89. The van der Waals surface area contributed by atoms with Crippen LogP contribution >= 0.6 is 0 Å². The number of ether oxygens (including phenoxy) is 3. The number of hydrogen-bond acceptors (Lipinski definition) is 5. The molecule has 146 valence electrons. The van der Waals surface area contributed by atoms with E-state index in [1.54, 1.807) is 26.0 Å². The van der Waals surface area contributed by atoms with Crippen LogP contribution in [0.1, 0.15) is 63.2 Å². The number of benzene rings is 1. The fraction of sp³-hybridized carbons (Fsp3) is 0.636. The quantitative estimate of drug-likeness (QED) is 0.748. The standard InChI is InChI=1S/C22H28O5/c1-21(2)19(24)26-20(27-21)22(3)12-14-9-10-17(16(11-14)13-22)25-18(23)15-7-5-4-6-8-15/h4-8,14,16-17,20H,9-13H2,1-3H3/t14-,16+,17+,20?,22-/m0/s1. The fourth-order valence-corrected chi connectivity index (χ4v) is 5.07. The third-order valence-electron chi connectivity index (χ3n) is 6.45. The Balaban J connectivity index is 1.47. The van der Waals surface area contributed by atoms with Crippen LogP contribution in [0, 0.1) is 17.3 Å². The van der Waals surface area contributed by atoms with Gasteiger partial charge in [0, 0.05) is 5.41 Å². The first-order chi connectivity index (χ1) is 12.8. The van der Waals surface area contributed by atoms with Crippen molar-refractivity contribution in [3.05, 3.63) is 35.9 Å². The third-order valence-corrected chi connectivity index (χ3v) is 6.45. The lowest BCUT2D eigenvalue weighted by Gasteiger charge is -2.49. The van der Waals surface area contributed by atoms with Gasteiger partial charge in [0.05, 0.1) is 5.56 Å². The van der Waals surface area contributed by atoms with E-state index in [0.717, 1.165) is 32.1 Å². The maximum Gasteiger partial charge on any atom is 0.340 e. The van der Waals surface area contributed by atoms with Crippen LogP contribution in [0.25, 0.3) is 0 Å². The van der Waals surface area contributed by atoms with Crippen molar-refractivity contribution < 1.29 is 23.8 Å². The lowest BCUT2D eigenvalue weighted by atomic mass is 9.60. The molecule has 0 spiro atoms. The molecule has 1 aromatic rings. The summed E-state index contributed by atoms with van der Waals surface area (Å²) in [5, 5.41) is 0. The maximum atomic E-state index is 12.5. The number of rotatable bonds is 3. The Labute approximate surface area is 160 Å². The minimum atomic E-state index is -0.889. The highest BCUT2D eigenvalue weighted by Crippen LogP contribution is 2.53. The Bertz CT molecular complexity index is 727. The Morgan fingerprint density at radius 2 is 1.85 bits per heavy atom. The molecule has 1 saturated heterocycles. The summed E-state index contributed by atoms with van der Waals surface area (Å²) in [6.45, 7) is 5.66. The van der Waals surface area contributed by atoms with Gasteiger partial charge in [0.2, 0.25) is 6.29 Å². The average molecular weight is 372 g/mol. The molecule has 3 aliphatic rings. The Hall–Kier alpha value is -1.88. The Morgan fingerprint density at radius 3 is 2.52 bits per heavy atom. The molecule has 1 unspecified atom stereocenters. The van der Waals surface area contributed by atoms with Crippen LogP contribution in [0.2, 0.25) is 0 Å². The molecule has 0 amide bonds. The highest BCUT2D eigenvalue weighted by atomic mass is 16.8. The van der Waals surface area contributed by atoms with Crippen LogP contribution in [-0.2, 0) is 19.0 Å². The van der Waals surface area contributed by atoms with Crippen molar-refractivity contribution in [1.82, 2.24) is 0 Å². The van der Waals surface area contributed by atoms with E-state index >= 15 is 0 Å². The van der Waals surface area contributed by atoms with E-state index in [1.165, 1.54) is 0 Å². The molecule has 2 saturated carbocycles. The molecule has 4 rings (SSSR count). The third kappa shape index (κ3) is 3.49. The predicted molar refractivity (Wildman–Crippen MR) is 98.9 cm³/mol. The van der Waals surface area contributed by atoms with Crippen molar-refractivity contribution in [2.24, 2.45) is 17.3 Å². The molecule has 0 aromatic heterocycles. The first kappa shape index (κ1) is 18.5. The van der Waals surface area contributed by atoms with E-state index < -0.39 is 11.9 Å². The van der Waals surface area contributed by atoms with Crippen molar-refractivity contribution in [3.8, 4) is 0 Å². The van der Waals surface area contributed by atoms with E-state index in [1.807, 2.05) is 18.2 Å². The summed E-state index contributed by atoms with van der Waals surface area (Å²) >= 11 is 0. The van der Waals surface area contributed by atoms with Crippen molar-refractivity contribution in [1.29, 1.82) is 0 Å². The van der Waals surface area contributed by atoms with Gasteiger partial charge in [-0.05, 0) is 69.9 Å². The molecule has 5 heteroatoms. The van der Waals surface area contributed by atoms with Gasteiger partial charge in [0.1, 0.15) is 6.10 Å². The zero-order valence-electron chi connectivity index (χ0n) is 16.3. The van der Waals surface area contributed by atoms with Gasteiger partial charge in [-0.15, -0.1) is 0 Å². The second kappa shape index (κ2) is 6.62. The van der Waals surface area contributed by atoms with Crippen molar-refractivity contribution in [3.63, 3.8) is 0 Å². The van der Waals surface area contributed by atoms with E-state index in [9.17, 15) is 9.59 Å². The van der Waals surface area contributed by atoms with Gasteiger partial charge in [-0.2, -0.15) is 0 Å². The number of carbonyl (C=O) groups is 2. The summed E-state index contributed by atoms with van der Waals surface area (Å²) in [7, 11) is 0. The zero-order valence-corrected chi connectivity index (χ0v) is 16.3. The molecule has 5 atom stereocenters. The van der Waals surface area contributed by atoms with Crippen molar-refractivity contribution in [2.45, 2.75) is 70.9 Å². The SMILES string of the molecule is CC1(C)OC([C@@]2(C)C[C@H]3CC[C@@H](OC(=O)c4ccccc4)[C@H](C3)C2)OC1=O. The van der Waals surface area contributed by atoms with Gasteiger partial charge in [0.15, 0.2) is 5.60 Å². The van der Waals surface area contributed by atoms with Gasteiger partial charge in [0.25, 0.3) is 0 Å². The summed E-state index contributed by atoms with van der Waals surface area (Å²) in [4.78, 5) is 24.6. The van der Waals surface area contributed by atoms with E-state index in [2.05, 4.69) is 6.92 Å². The number of hydrogen-bond donors (Lipinski definition) is 0. The largest absolute Gasteiger partial charge is 0.458 e. The molecule has 1 aliphatic heterocycles. The number of fused-ring (bicyclic) bond motifs is 2. The average Bonchev–Trinajstić information content (AvgIpc) is 2.92. The van der Waals surface area contributed by atoms with Crippen LogP contribution < -0.4 is 0 Å². The molecule has 2 bridgehead atoms. The maximum absolute atomic E-state index is 12.5. The topological polar surface area (TPSA) is 61.8 Å². The van der Waals surface area contributed by atoms with Gasteiger partial charge in [-0.1, -0.05) is 25.1 Å². The lowest BCUT2D eigenvalue weighted by molar-refractivity contribution is -0.186. The molecule has 0 N–H and O–H groups in total. The monoisotopic (exact) mass is 372 g/mol. The van der Waals surface area contributed by atoms with Gasteiger partial charge < -0.3 is 14.2 Å². The molecule has 2 aliphatic carbocycles. The smallest absolute Gasteiger partial charge is 0.340 e. The first-order valence-electron chi connectivity index (χ1n) is 9.92. The minimum absolute atomic E-state index is 0.0845. The van der Waals surface area contributed by atoms with Crippen LogP contribution in [-0.4, -0.2) is 29.9 Å². The minimum Gasteiger partial charge on any atom is -0.458 e. The molecular weight excluding hydrogens is 344 g/mol. The molecule has 3 fully saturated rings. The Kier molecular flexibility index (Phi) is 4.53. The molecular formula is C22H28O5. The van der Waals surface area contributed by atoms with Crippen LogP contribution in [0.5, 0.6) is 0 Å². The molecule has 1 heterocycles. The van der Waals surface area contributed by atoms with E-state index in [0.29, 0.717) is 11.5 Å². The van der Waals surface area contributed by atoms with Crippen molar-refractivity contribution in [2.75, 3.05) is 0 Å². The predicted octanol–water partition coefficient (Wildman–Crippen LogP) is 4.11. The number of esters is 2. The van der Waals surface area contributed by atoms with Gasteiger partial charge >= 0.3 is 11.9 Å². The number of cyclic esters (lactones) is 1. The van der Waals surface area contributed by atoms with Gasteiger partial charge in [-0.3, -0.25) is 0 Å². The van der Waals surface area contributed by atoms with E-state index in [4.69, 9.17) is 14.2 Å².